The average molecular weight is 221 g/mol. The molecule has 0 aromatic heterocycles. The molecule has 0 saturated heterocycles. The van der Waals surface area contributed by atoms with Crippen molar-refractivity contribution in [3.8, 4) is 5.75 Å². The molecule has 0 radical (unpaired) electrons. The number of ether oxygens (including phenoxy) is 1. The molecule has 1 amide bonds. The van der Waals surface area contributed by atoms with E-state index in [1.165, 1.54) is 0 Å². The number of rotatable bonds is 3. The third-order valence-corrected chi connectivity index (χ3v) is 2.51. The van der Waals surface area contributed by atoms with Crippen molar-refractivity contribution in [3.05, 3.63) is 18.2 Å². The van der Waals surface area contributed by atoms with Gasteiger partial charge in [0, 0.05) is 18.3 Å². The molecule has 2 rings (SSSR count). The van der Waals surface area contributed by atoms with Crippen molar-refractivity contribution >= 4 is 17.3 Å². The monoisotopic (exact) mass is 221 g/mol. The topological polar surface area (TPSA) is 81.6 Å². The van der Waals surface area contributed by atoms with Crippen molar-refractivity contribution in [2.24, 2.45) is 5.73 Å². The molecule has 5 nitrogen and oxygen atoms in total. The molecule has 1 aliphatic heterocycles. The Labute approximate surface area is 94.0 Å². The summed E-state index contributed by atoms with van der Waals surface area (Å²) in [5.74, 6) is 0.627. The number of benzene rings is 1. The molecule has 1 aromatic rings. The molecule has 4 N–H and O–H groups in total. The molecule has 1 heterocycles. The smallest absolute Gasteiger partial charge is 0.265 e. The van der Waals surface area contributed by atoms with Crippen LogP contribution in [0.25, 0.3) is 0 Å². The van der Waals surface area contributed by atoms with Crippen LogP contribution in [0.3, 0.4) is 0 Å². The fourth-order valence-corrected chi connectivity index (χ4v) is 1.72. The van der Waals surface area contributed by atoms with Crippen LogP contribution in [0.15, 0.2) is 18.2 Å². The number of nitrogens with zero attached hydrogens (tertiary/aromatic N) is 1. The third kappa shape index (κ3) is 1.94. The Morgan fingerprint density at radius 2 is 2.25 bits per heavy atom. The van der Waals surface area contributed by atoms with Gasteiger partial charge in [0.15, 0.2) is 6.61 Å². The van der Waals surface area contributed by atoms with E-state index in [1.807, 2.05) is 0 Å². The number of nitrogen functional groups attached to an aromatic ring is 1. The molecule has 0 atom stereocenters. The van der Waals surface area contributed by atoms with E-state index >= 15 is 0 Å². The van der Waals surface area contributed by atoms with Gasteiger partial charge < -0.3 is 21.1 Å². The molecule has 0 aliphatic carbocycles. The SMILES string of the molecule is NCCCN1C(=O)COc2cc(N)ccc21. The summed E-state index contributed by atoms with van der Waals surface area (Å²) < 4.78 is 5.32. The van der Waals surface area contributed by atoms with Gasteiger partial charge in [-0.3, -0.25) is 4.79 Å². The molecule has 16 heavy (non-hydrogen) atoms. The fraction of sp³-hybridized carbons (Fsp3) is 0.364. The Morgan fingerprint density at radius 1 is 1.44 bits per heavy atom. The third-order valence-electron chi connectivity index (χ3n) is 2.51. The minimum atomic E-state index is -0.0364. The summed E-state index contributed by atoms with van der Waals surface area (Å²) in [4.78, 5) is 13.4. The Balaban J connectivity index is 2.29. The number of amides is 1. The zero-order chi connectivity index (χ0) is 11.5. The van der Waals surface area contributed by atoms with Gasteiger partial charge in [-0.15, -0.1) is 0 Å². The molecule has 0 fully saturated rings. The molecule has 0 unspecified atom stereocenters. The summed E-state index contributed by atoms with van der Waals surface area (Å²) in [6.45, 7) is 1.26. The van der Waals surface area contributed by atoms with Crippen molar-refractivity contribution in [1.29, 1.82) is 0 Å². The predicted octanol–water partition coefficient (Wildman–Crippen LogP) is 0.343. The van der Waals surface area contributed by atoms with Crippen molar-refractivity contribution in [3.63, 3.8) is 0 Å². The van der Waals surface area contributed by atoms with Gasteiger partial charge in [0.2, 0.25) is 0 Å². The molecule has 0 bridgehead atoms. The molecule has 1 aromatic carbocycles. The standard InChI is InChI=1S/C11H15N3O2/c12-4-1-5-14-9-3-2-8(13)6-10(9)16-7-11(14)15/h2-3,6H,1,4-5,7,12-13H2. The van der Waals surface area contributed by atoms with Crippen LogP contribution in [-0.2, 0) is 4.79 Å². The van der Waals surface area contributed by atoms with Crippen molar-refractivity contribution in [1.82, 2.24) is 0 Å². The van der Waals surface area contributed by atoms with Gasteiger partial charge in [-0.2, -0.15) is 0 Å². The van der Waals surface area contributed by atoms with E-state index in [-0.39, 0.29) is 12.5 Å². The van der Waals surface area contributed by atoms with Crippen molar-refractivity contribution in [2.75, 3.05) is 30.3 Å². The van der Waals surface area contributed by atoms with Crippen LogP contribution in [0.4, 0.5) is 11.4 Å². The van der Waals surface area contributed by atoms with Gasteiger partial charge >= 0.3 is 0 Å². The van der Waals surface area contributed by atoms with E-state index in [0.717, 1.165) is 12.1 Å². The minimum absolute atomic E-state index is 0.0364. The summed E-state index contributed by atoms with van der Waals surface area (Å²) in [5.41, 5.74) is 12.5. The Kier molecular flexibility index (Phi) is 2.96. The lowest BCUT2D eigenvalue weighted by molar-refractivity contribution is -0.121. The minimum Gasteiger partial charge on any atom is -0.481 e. The summed E-state index contributed by atoms with van der Waals surface area (Å²) in [6.07, 6.45) is 0.773. The summed E-state index contributed by atoms with van der Waals surface area (Å²) in [6, 6.07) is 5.30. The Hall–Kier alpha value is -1.75. The first-order valence-corrected chi connectivity index (χ1v) is 5.25. The normalized spacial score (nSPS) is 14.6. The van der Waals surface area contributed by atoms with E-state index in [0.29, 0.717) is 24.5 Å². The Morgan fingerprint density at radius 3 is 3.00 bits per heavy atom. The van der Waals surface area contributed by atoms with Gasteiger partial charge in [0.1, 0.15) is 5.75 Å². The fourth-order valence-electron chi connectivity index (χ4n) is 1.72. The lowest BCUT2D eigenvalue weighted by Gasteiger charge is -2.29. The zero-order valence-electron chi connectivity index (χ0n) is 8.98. The lowest BCUT2D eigenvalue weighted by atomic mass is 10.2. The molecule has 86 valence electrons. The first-order chi connectivity index (χ1) is 7.72. The first-order valence-electron chi connectivity index (χ1n) is 5.25. The average Bonchev–Trinajstić information content (AvgIpc) is 2.28. The lowest BCUT2D eigenvalue weighted by Crippen LogP contribution is -2.40. The van der Waals surface area contributed by atoms with Gasteiger partial charge in [0.05, 0.1) is 5.69 Å². The van der Waals surface area contributed by atoms with Gasteiger partial charge in [0.25, 0.3) is 5.91 Å². The second-order valence-corrected chi connectivity index (χ2v) is 3.70. The van der Waals surface area contributed by atoms with Crippen LogP contribution in [0, 0.1) is 0 Å². The van der Waals surface area contributed by atoms with Crippen LogP contribution >= 0.6 is 0 Å². The molecular weight excluding hydrogens is 206 g/mol. The number of hydrogen-bond donors (Lipinski definition) is 2. The van der Waals surface area contributed by atoms with Crippen molar-refractivity contribution < 1.29 is 9.53 Å². The number of fused-ring (bicyclic) bond motifs is 1. The van der Waals surface area contributed by atoms with Crippen LogP contribution in [0.1, 0.15) is 6.42 Å². The van der Waals surface area contributed by atoms with E-state index in [2.05, 4.69) is 0 Å². The van der Waals surface area contributed by atoms with E-state index in [1.54, 1.807) is 23.1 Å². The quantitative estimate of drug-likeness (QED) is 0.721. The first kappa shape index (κ1) is 10.8. The summed E-state index contributed by atoms with van der Waals surface area (Å²) >= 11 is 0. The second-order valence-electron chi connectivity index (χ2n) is 3.70. The zero-order valence-corrected chi connectivity index (χ0v) is 8.98. The summed E-state index contributed by atoms with van der Waals surface area (Å²) in [5, 5.41) is 0. The highest BCUT2D eigenvalue weighted by molar-refractivity contribution is 5.98. The molecule has 5 heteroatoms. The van der Waals surface area contributed by atoms with Gasteiger partial charge in [-0.05, 0) is 25.1 Å². The van der Waals surface area contributed by atoms with Crippen LogP contribution < -0.4 is 21.1 Å². The number of hydrogen-bond acceptors (Lipinski definition) is 4. The number of nitrogens with two attached hydrogens (primary N) is 2. The number of carbonyl (C=O) groups excluding carboxylic acids is 1. The van der Waals surface area contributed by atoms with Crippen LogP contribution in [0.5, 0.6) is 5.75 Å². The molecule has 1 aliphatic rings. The highest BCUT2D eigenvalue weighted by Gasteiger charge is 2.24. The Bertz CT molecular complexity index is 406. The summed E-state index contributed by atoms with van der Waals surface area (Å²) in [7, 11) is 0. The maximum Gasteiger partial charge on any atom is 0.265 e. The highest BCUT2D eigenvalue weighted by Crippen LogP contribution is 2.33. The molecular formula is C11H15N3O2. The maximum absolute atomic E-state index is 11.7. The second kappa shape index (κ2) is 4.40. The van der Waals surface area contributed by atoms with E-state index in [4.69, 9.17) is 16.2 Å². The van der Waals surface area contributed by atoms with Gasteiger partial charge in [-0.1, -0.05) is 0 Å². The van der Waals surface area contributed by atoms with E-state index in [9.17, 15) is 4.79 Å². The van der Waals surface area contributed by atoms with Crippen LogP contribution in [-0.4, -0.2) is 25.6 Å². The number of anilines is 2. The van der Waals surface area contributed by atoms with Crippen LogP contribution in [0.2, 0.25) is 0 Å². The number of carbonyl (C=O) groups is 1. The molecule has 0 spiro atoms. The van der Waals surface area contributed by atoms with E-state index < -0.39 is 0 Å². The van der Waals surface area contributed by atoms with Crippen molar-refractivity contribution in [2.45, 2.75) is 6.42 Å². The van der Waals surface area contributed by atoms with Gasteiger partial charge in [-0.25, -0.2) is 0 Å². The highest BCUT2D eigenvalue weighted by atomic mass is 16.5. The predicted molar refractivity (Wildman–Crippen MR) is 62.4 cm³/mol. The largest absolute Gasteiger partial charge is 0.481 e. The maximum atomic E-state index is 11.7. The molecule has 0 saturated carbocycles.